The maximum absolute atomic E-state index is 4.80. The zero-order valence-corrected chi connectivity index (χ0v) is 15.9. The van der Waals surface area contributed by atoms with E-state index in [0.717, 1.165) is 47.8 Å². The molecule has 4 nitrogen and oxygen atoms in total. The molecule has 3 heterocycles. The second kappa shape index (κ2) is 7.10. The maximum atomic E-state index is 4.80. The predicted molar refractivity (Wildman–Crippen MR) is 106 cm³/mol. The van der Waals surface area contributed by atoms with Crippen LogP contribution in [0.3, 0.4) is 0 Å². The molecule has 0 fully saturated rings. The van der Waals surface area contributed by atoms with Gasteiger partial charge in [0.25, 0.3) is 0 Å². The van der Waals surface area contributed by atoms with Crippen molar-refractivity contribution in [3.8, 4) is 0 Å². The summed E-state index contributed by atoms with van der Waals surface area (Å²) in [6, 6.07) is 2.29. The van der Waals surface area contributed by atoms with Gasteiger partial charge in [0.15, 0.2) is 5.82 Å². The molecule has 0 bridgehead atoms. The number of allylic oxidation sites excluding steroid dienone is 1. The molecule has 0 saturated heterocycles. The molecule has 1 unspecified atom stereocenters. The van der Waals surface area contributed by atoms with Crippen LogP contribution in [0.4, 0.5) is 5.82 Å². The Morgan fingerprint density at radius 1 is 1.19 bits per heavy atom. The van der Waals surface area contributed by atoms with Gasteiger partial charge in [-0.05, 0) is 55.7 Å². The van der Waals surface area contributed by atoms with Crippen molar-refractivity contribution in [2.45, 2.75) is 52.9 Å². The number of fused-ring (bicyclic) bond motifs is 2. The van der Waals surface area contributed by atoms with Crippen molar-refractivity contribution in [3.05, 3.63) is 53.2 Å². The van der Waals surface area contributed by atoms with Gasteiger partial charge in [0.05, 0.1) is 5.69 Å². The molecule has 0 saturated carbocycles. The third kappa shape index (κ3) is 3.33. The first-order valence-corrected chi connectivity index (χ1v) is 9.65. The van der Waals surface area contributed by atoms with Gasteiger partial charge in [0.1, 0.15) is 6.33 Å². The van der Waals surface area contributed by atoms with Crippen LogP contribution in [0, 0.1) is 11.8 Å². The topological polar surface area (TPSA) is 51.0 Å². The number of nitrogens with zero attached hydrogens (tertiary/aromatic N) is 4. The molecule has 4 rings (SSSR count). The number of aryl methyl sites for hydroxylation is 1. The van der Waals surface area contributed by atoms with Crippen LogP contribution in [0.25, 0.3) is 5.57 Å². The molecule has 2 aromatic heterocycles. The Morgan fingerprint density at radius 3 is 2.92 bits per heavy atom. The second-order valence-electron chi connectivity index (χ2n) is 7.87. The van der Waals surface area contributed by atoms with Crippen LogP contribution in [0.2, 0.25) is 0 Å². The largest absolute Gasteiger partial charge is 0.244 e. The Hall–Kier alpha value is -2.36. The van der Waals surface area contributed by atoms with Gasteiger partial charge in [-0.1, -0.05) is 26.3 Å². The van der Waals surface area contributed by atoms with E-state index in [1.54, 1.807) is 6.33 Å². The lowest BCUT2D eigenvalue weighted by atomic mass is 9.85. The van der Waals surface area contributed by atoms with Crippen LogP contribution < -0.4 is 0 Å². The van der Waals surface area contributed by atoms with Crippen molar-refractivity contribution in [1.82, 2.24) is 15.0 Å². The average molecular weight is 346 g/mol. The normalized spacial score (nSPS) is 18.8. The van der Waals surface area contributed by atoms with E-state index in [0.29, 0.717) is 5.92 Å². The summed E-state index contributed by atoms with van der Waals surface area (Å²) in [5.41, 5.74) is 7.16. The summed E-state index contributed by atoms with van der Waals surface area (Å²) in [6.45, 7) is 6.73. The van der Waals surface area contributed by atoms with E-state index in [1.807, 2.05) is 12.4 Å². The molecular formula is C22H26N4. The number of aliphatic imine (C=N–C) groups is 1. The third-order valence-corrected chi connectivity index (χ3v) is 5.50. The molecular weight excluding hydrogens is 320 g/mol. The monoisotopic (exact) mass is 346 g/mol. The average Bonchev–Trinajstić information content (AvgIpc) is 2.65. The van der Waals surface area contributed by atoms with Gasteiger partial charge in [-0.25, -0.2) is 19.9 Å². The molecule has 0 N–H and O–H groups in total. The Bertz CT molecular complexity index is 879. The van der Waals surface area contributed by atoms with Crippen LogP contribution in [-0.2, 0) is 12.8 Å². The first-order valence-electron chi connectivity index (χ1n) is 9.65. The SMILES string of the molecule is CC1=Nc2ncc(C3=CCCc4ncncc43)cc2CC1CCC(C)C. The van der Waals surface area contributed by atoms with Crippen molar-refractivity contribution in [2.75, 3.05) is 0 Å². The van der Waals surface area contributed by atoms with E-state index in [2.05, 4.69) is 47.9 Å². The van der Waals surface area contributed by atoms with E-state index < -0.39 is 0 Å². The first kappa shape index (κ1) is 17.1. The van der Waals surface area contributed by atoms with Crippen LogP contribution in [0.5, 0.6) is 0 Å². The smallest absolute Gasteiger partial charge is 0.154 e. The van der Waals surface area contributed by atoms with E-state index in [9.17, 15) is 0 Å². The summed E-state index contributed by atoms with van der Waals surface area (Å²) in [5.74, 6) is 2.17. The summed E-state index contributed by atoms with van der Waals surface area (Å²) in [6.07, 6.45) is 13.3. The minimum absolute atomic E-state index is 0.540. The lowest BCUT2D eigenvalue weighted by Crippen LogP contribution is -2.19. The number of aromatic nitrogens is 3. The number of hydrogen-bond acceptors (Lipinski definition) is 4. The third-order valence-electron chi connectivity index (χ3n) is 5.50. The molecule has 1 aliphatic carbocycles. The van der Waals surface area contributed by atoms with Crippen molar-refractivity contribution in [1.29, 1.82) is 0 Å². The van der Waals surface area contributed by atoms with E-state index in [1.165, 1.54) is 29.7 Å². The van der Waals surface area contributed by atoms with E-state index in [-0.39, 0.29) is 0 Å². The van der Waals surface area contributed by atoms with Crippen molar-refractivity contribution < 1.29 is 0 Å². The Kier molecular flexibility index (Phi) is 4.66. The predicted octanol–water partition coefficient (Wildman–Crippen LogP) is 4.95. The molecule has 2 aliphatic rings. The van der Waals surface area contributed by atoms with Crippen LogP contribution in [-0.4, -0.2) is 20.7 Å². The number of rotatable bonds is 4. The summed E-state index contributed by atoms with van der Waals surface area (Å²) < 4.78 is 0. The zero-order valence-electron chi connectivity index (χ0n) is 15.9. The molecule has 0 amide bonds. The minimum atomic E-state index is 0.540. The van der Waals surface area contributed by atoms with Gasteiger partial charge >= 0.3 is 0 Å². The Balaban J connectivity index is 1.65. The van der Waals surface area contributed by atoms with E-state index in [4.69, 9.17) is 4.99 Å². The van der Waals surface area contributed by atoms with Gasteiger partial charge < -0.3 is 0 Å². The summed E-state index contributed by atoms with van der Waals surface area (Å²) in [5, 5.41) is 0. The molecule has 0 aromatic carbocycles. The molecule has 2 aromatic rings. The quantitative estimate of drug-likeness (QED) is 0.787. The second-order valence-corrected chi connectivity index (χ2v) is 7.87. The highest BCUT2D eigenvalue weighted by Crippen LogP contribution is 2.35. The highest BCUT2D eigenvalue weighted by Gasteiger charge is 2.23. The Morgan fingerprint density at radius 2 is 2.08 bits per heavy atom. The highest BCUT2D eigenvalue weighted by atomic mass is 14.9. The molecule has 1 aliphatic heterocycles. The molecule has 0 radical (unpaired) electrons. The van der Waals surface area contributed by atoms with Gasteiger partial charge in [-0.15, -0.1) is 0 Å². The first-order chi connectivity index (χ1) is 12.6. The van der Waals surface area contributed by atoms with Gasteiger partial charge in [-0.3, -0.25) is 0 Å². The molecule has 26 heavy (non-hydrogen) atoms. The standard InChI is InChI=1S/C22H26N4/c1-14(2)7-8-16-9-17-10-18(11-24-22(17)26-15(16)3)19-5-4-6-21-20(19)12-23-13-25-21/h5,10-14,16H,4,6-9H2,1-3H3. The van der Waals surface area contributed by atoms with Crippen molar-refractivity contribution >= 4 is 17.1 Å². The van der Waals surface area contributed by atoms with E-state index >= 15 is 0 Å². The summed E-state index contributed by atoms with van der Waals surface area (Å²) in [4.78, 5) is 18.2. The van der Waals surface area contributed by atoms with Crippen LogP contribution in [0.15, 0.2) is 35.9 Å². The van der Waals surface area contributed by atoms with Crippen LogP contribution >= 0.6 is 0 Å². The molecule has 134 valence electrons. The van der Waals surface area contributed by atoms with Crippen LogP contribution in [0.1, 0.15) is 62.4 Å². The molecule has 1 atom stereocenters. The molecule has 0 spiro atoms. The van der Waals surface area contributed by atoms with Crippen molar-refractivity contribution in [2.24, 2.45) is 16.8 Å². The van der Waals surface area contributed by atoms with Gasteiger partial charge in [-0.2, -0.15) is 0 Å². The summed E-state index contributed by atoms with van der Waals surface area (Å²) >= 11 is 0. The fraction of sp³-hybridized carbons (Fsp3) is 0.455. The lowest BCUT2D eigenvalue weighted by molar-refractivity contribution is 0.491. The Labute approximate surface area is 155 Å². The zero-order chi connectivity index (χ0) is 18.1. The summed E-state index contributed by atoms with van der Waals surface area (Å²) in [7, 11) is 0. The highest BCUT2D eigenvalue weighted by molar-refractivity contribution is 5.89. The molecule has 4 heteroatoms. The van der Waals surface area contributed by atoms with Gasteiger partial charge in [0, 0.05) is 35.2 Å². The maximum Gasteiger partial charge on any atom is 0.154 e. The fourth-order valence-electron chi connectivity index (χ4n) is 3.93. The minimum Gasteiger partial charge on any atom is -0.244 e. The fourth-order valence-corrected chi connectivity index (χ4v) is 3.93. The van der Waals surface area contributed by atoms with Crippen molar-refractivity contribution in [3.63, 3.8) is 0 Å². The van der Waals surface area contributed by atoms with Gasteiger partial charge in [0.2, 0.25) is 0 Å². The number of pyridine rings is 1. The lowest BCUT2D eigenvalue weighted by Gasteiger charge is -2.24. The number of hydrogen-bond donors (Lipinski definition) is 0.